The van der Waals surface area contributed by atoms with E-state index in [9.17, 15) is 13.9 Å². The summed E-state index contributed by atoms with van der Waals surface area (Å²) in [6.07, 6.45) is 7.52. The highest BCUT2D eigenvalue weighted by Gasteiger charge is 2.34. The van der Waals surface area contributed by atoms with Gasteiger partial charge in [0.05, 0.1) is 12.1 Å². The third-order valence-corrected chi connectivity index (χ3v) is 5.17. The van der Waals surface area contributed by atoms with E-state index in [2.05, 4.69) is 31.9 Å². The smallest absolute Gasteiger partial charge is 0.137 e. The normalized spacial score (nSPS) is 12.7. The van der Waals surface area contributed by atoms with Gasteiger partial charge >= 0.3 is 0 Å². The molecule has 0 aliphatic rings. The van der Waals surface area contributed by atoms with Gasteiger partial charge in [0.1, 0.15) is 36.2 Å². The van der Waals surface area contributed by atoms with Crippen molar-refractivity contribution in [3.8, 4) is 11.8 Å². The van der Waals surface area contributed by atoms with Crippen molar-refractivity contribution in [1.82, 2.24) is 29.6 Å². The molecule has 0 amide bonds. The molecule has 0 saturated heterocycles. The first-order chi connectivity index (χ1) is 16.4. The van der Waals surface area contributed by atoms with Gasteiger partial charge in [-0.3, -0.25) is 4.90 Å². The van der Waals surface area contributed by atoms with Gasteiger partial charge in [0.25, 0.3) is 0 Å². The van der Waals surface area contributed by atoms with Crippen LogP contribution in [-0.2, 0) is 18.7 Å². The van der Waals surface area contributed by atoms with Gasteiger partial charge < -0.3 is 5.11 Å². The summed E-state index contributed by atoms with van der Waals surface area (Å²) in [6.45, 7) is 0.519. The van der Waals surface area contributed by atoms with Crippen molar-refractivity contribution in [2.24, 2.45) is 0 Å². The van der Waals surface area contributed by atoms with Crippen LogP contribution in [0.2, 0.25) is 0 Å². The van der Waals surface area contributed by atoms with Crippen LogP contribution >= 0.6 is 0 Å². The molecular weight excluding hydrogens is 438 g/mol. The van der Waals surface area contributed by atoms with Crippen molar-refractivity contribution in [1.29, 1.82) is 0 Å². The molecule has 1 atom stereocenters. The number of rotatable bonds is 7. The van der Waals surface area contributed by atoms with Crippen LogP contribution < -0.4 is 0 Å². The summed E-state index contributed by atoms with van der Waals surface area (Å²) in [4.78, 5) is 13.6. The average molecular weight is 460 g/mol. The van der Waals surface area contributed by atoms with Crippen molar-refractivity contribution in [2.75, 3.05) is 13.6 Å². The second-order valence-corrected chi connectivity index (χ2v) is 8.00. The van der Waals surface area contributed by atoms with Crippen molar-refractivity contribution in [2.45, 2.75) is 18.7 Å². The van der Waals surface area contributed by atoms with E-state index < -0.39 is 17.2 Å². The number of halogens is 2. The van der Waals surface area contributed by atoms with Gasteiger partial charge in [0, 0.05) is 42.7 Å². The first-order valence-corrected chi connectivity index (χ1v) is 10.5. The number of aliphatic hydroxyl groups is 1. The summed E-state index contributed by atoms with van der Waals surface area (Å²) in [5, 5.41) is 15.5. The minimum absolute atomic E-state index is 0.00763. The van der Waals surface area contributed by atoms with E-state index in [1.165, 1.54) is 29.7 Å². The highest BCUT2D eigenvalue weighted by Crippen LogP contribution is 2.28. The highest BCUT2D eigenvalue weighted by molar-refractivity contribution is 5.41. The first-order valence-electron chi connectivity index (χ1n) is 10.5. The van der Waals surface area contributed by atoms with Crippen molar-refractivity contribution in [3.63, 3.8) is 0 Å². The van der Waals surface area contributed by atoms with E-state index in [-0.39, 0.29) is 18.7 Å². The lowest BCUT2D eigenvalue weighted by Gasteiger charge is -2.33. The molecule has 4 aromatic rings. The van der Waals surface area contributed by atoms with E-state index in [4.69, 9.17) is 0 Å². The molecule has 172 valence electrons. The zero-order valence-electron chi connectivity index (χ0n) is 18.4. The van der Waals surface area contributed by atoms with Crippen LogP contribution in [0, 0.1) is 23.5 Å². The SMILES string of the molecule is CN(Cc1ccc(C#Cc2cncnc2)cc1)CC(O)(Cn1cncn1)c1ccc(F)cc1F. The second kappa shape index (κ2) is 10.3. The van der Waals surface area contributed by atoms with E-state index in [0.717, 1.165) is 28.8 Å². The molecule has 4 rings (SSSR count). The van der Waals surface area contributed by atoms with Gasteiger partial charge in [-0.2, -0.15) is 5.10 Å². The lowest BCUT2D eigenvalue weighted by atomic mass is 9.92. The molecule has 0 spiro atoms. The fourth-order valence-corrected chi connectivity index (χ4v) is 3.69. The minimum Gasteiger partial charge on any atom is -0.382 e. The van der Waals surface area contributed by atoms with Gasteiger partial charge in [0.15, 0.2) is 0 Å². The third kappa shape index (κ3) is 5.86. The summed E-state index contributed by atoms with van der Waals surface area (Å²) < 4.78 is 29.5. The molecule has 9 heteroatoms. The summed E-state index contributed by atoms with van der Waals surface area (Å²) in [7, 11) is 1.82. The van der Waals surface area contributed by atoms with Crippen molar-refractivity contribution < 1.29 is 13.9 Å². The Bertz CT molecular complexity index is 1290. The van der Waals surface area contributed by atoms with Gasteiger partial charge in [0.2, 0.25) is 0 Å². The molecule has 2 aromatic heterocycles. The molecule has 1 unspecified atom stereocenters. The molecule has 0 aliphatic carbocycles. The van der Waals surface area contributed by atoms with Gasteiger partial charge in [-0.05, 0) is 30.8 Å². The second-order valence-electron chi connectivity index (χ2n) is 8.00. The predicted molar refractivity (Wildman–Crippen MR) is 121 cm³/mol. The van der Waals surface area contributed by atoms with E-state index >= 15 is 0 Å². The fraction of sp³-hybridized carbons (Fsp3) is 0.200. The molecule has 2 aromatic carbocycles. The van der Waals surface area contributed by atoms with Crippen LogP contribution in [0.25, 0.3) is 0 Å². The predicted octanol–water partition coefficient (Wildman–Crippen LogP) is 2.77. The summed E-state index contributed by atoms with van der Waals surface area (Å²) in [5.74, 6) is 4.55. The van der Waals surface area contributed by atoms with Crippen LogP contribution in [0.15, 0.2) is 73.8 Å². The fourth-order valence-electron chi connectivity index (χ4n) is 3.69. The standard InChI is InChI=1S/C25H22F2N6O/c1-32(13-20-5-2-19(3-6-20)4-7-21-11-28-16-29-12-21)14-25(34,15-33-18-30-17-31-33)23-9-8-22(26)10-24(23)27/h2-3,5-6,8-12,16-18,34H,13-15H2,1H3. The molecule has 1 N–H and O–H groups in total. The first kappa shape index (κ1) is 23.2. The maximum absolute atomic E-state index is 14.6. The van der Waals surface area contributed by atoms with E-state index in [0.29, 0.717) is 6.54 Å². The minimum atomic E-state index is -1.66. The van der Waals surface area contributed by atoms with Crippen LogP contribution in [0.3, 0.4) is 0 Å². The average Bonchev–Trinajstić information content (AvgIpc) is 3.31. The largest absolute Gasteiger partial charge is 0.382 e. The Hall–Kier alpha value is -4.00. The van der Waals surface area contributed by atoms with E-state index in [1.807, 2.05) is 36.2 Å². The highest BCUT2D eigenvalue weighted by atomic mass is 19.1. The number of benzene rings is 2. The van der Waals surface area contributed by atoms with E-state index in [1.54, 1.807) is 12.4 Å². The summed E-state index contributed by atoms with van der Waals surface area (Å²) in [6, 6.07) is 10.9. The Morgan fingerprint density at radius 1 is 0.971 bits per heavy atom. The lowest BCUT2D eigenvalue weighted by molar-refractivity contribution is -0.0175. The molecule has 0 bridgehead atoms. The Balaban J connectivity index is 1.48. The number of hydrogen-bond donors (Lipinski definition) is 1. The van der Waals surface area contributed by atoms with Gasteiger partial charge in [-0.25, -0.2) is 28.4 Å². The monoisotopic (exact) mass is 460 g/mol. The summed E-state index contributed by atoms with van der Waals surface area (Å²) >= 11 is 0. The Kier molecular flexibility index (Phi) is 7.01. The third-order valence-electron chi connectivity index (χ3n) is 5.17. The molecule has 0 aliphatic heterocycles. The topological polar surface area (TPSA) is 80.0 Å². The Morgan fingerprint density at radius 3 is 2.38 bits per heavy atom. The maximum atomic E-state index is 14.6. The molecule has 0 saturated carbocycles. The Labute approximate surface area is 195 Å². The molecule has 0 fully saturated rings. The van der Waals surface area contributed by atoms with Crippen LogP contribution in [-0.4, -0.2) is 48.3 Å². The zero-order chi connectivity index (χ0) is 24.0. The maximum Gasteiger partial charge on any atom is 0.137 e. The molecule has 0 radical (unpaired) electrons. The molecular formula is C25H22F2N6O. The van der Waals surface area contributed by atoms with Gasteiger partial charge in [-0.15, -0.1) is 0 Å². The zero-order valence-corrected chi connectivity index (χ0v) is 18.4. The molecule has 7 nitrogen and oxygen atoms in total. The number of likely N-dealkylation sites (N-methyl/N-ethyl adjacent to an activating group) is 1. The lowest BCUT2D eigenvalue weighted by Crippen LogP contribution is -2.43. The number of aromatic nitrogens is 5. The number of nitrogens with zero attached hydrogens (tertiary/aromatic N) is 6. The molecule has 34 heavy (non-hydrogen) atoms. The number of hydrogen-bond acceptors (Lipinski definition) is 6. The van der Waals surface area contributed by atoms with Crippen LogP contribution in [0.5, 0.6) is 0 Å². The van der Waals surface area contributed by atoms with Crippen LogP contribution in [0.4, 0.5) is 8.78 Å². The summed E-state index contributed by atoms with van der Waals surface area (Å²) in [5.41, 5.74) is 0.881. The van der Waals surface area contributed by atoms with Crippen molar-refractivity contribution in [3.05, 3.63) is 108 Å². The van der Waals surface area contributed by atoms with Crippen molar-refractivity contribution >= 4 is 0 Å². The Morgan fingerprint density at radius 2 is 1.71 bits per heavy atom. The molecule has 2 heterocycles. The van der Waals surface area contributed by atoms with Gasteiger partial charge in [-0.1, -0.05) is 30.0 Å². The quantitative estimate of drug-likeness (QED) is 0.428. The van der Waals surface area contributed by atoms with Crippen LogP contribution in [0.1, 0.15) is 22.3 Å².